The maximum absolute atomic E-state index is 9.90. The van der Waals surface area contributed by atoms with Gasteiger partial charge in [-0.2, -0.15) is 15.0 Å². The normalized spacial score (nSPS) is 11.9. The fourth-order valence-corrected chi connectivity index (χ4v) is 2.99. The number of aromatic nitrogens is 3. The van der Waals surface area contributed by atoms with Crippen LogP contribution in [0.2, 0.25) is 0 Å². The molecule has 7 nitrogen and oxygen atoms in total. The molecule has 8 heteroatoms. The maximum atomic E-state index is 9.90. The number of halogens is 1. The zero-order chi connectivity index (χ0) is 21.4. The van der Waals surface area contributed by atoms with Crippen LogP contribution in [0, 0.1) is 0 Å². The predicted molar refractivity (Wildman–Crippen MR) is 130 cm³/mol. The van der Waals surface area contributed by atoms with E-state index < -0.39 is 5.60 Å². The number of hydrogen-bond acceptors (Lipinski definition) is 7. The highest BCUT2D eigenvalue weighted by Crippen LogP contribution is 2.20. The van der Waals surface area contributed by atoms with Crippen LogP contribution in [-0.2, 0) is 0 Å². The van der Waals surface area contributed by atoms with E-state index in [-0.39, 0.29) is 18.4 Å². The van der Waals surface area contributed by atoms with Gasteiger partial charge in [-0.3, -0.25) is 0 Å². The van der Waals surface area contributed by atoms with E-state index in [4.69, 9.17) is 0 Å². The second kappa shape index (κ2) is 11.5. The predicted octanol–water partition coefficient (Wildman–Crippen LogP) is 5.52. The summed E-state index contributed by atoms with van der Waals surface area (Å²) < 4.78 is 0. The van der Waals surface area contributed by atoms with E-state index in [0.717, 1.165) is 30.6 Å². The van der Waals surface area contributed by atoms with Gasteiger partial charge < -0.3 is 21.1 Å². The van der Waals surface area contributed by atoms with Gasteiger partial charge in [-0.1, -0.05) is 36.4 Å². The summed E-state index contributed by atoms with van der Waals surface area (Å²) in [4.78, 5) is 13.6. The van der Waals surface area contributed by atoms with Crippen molar-refractivity contribution in [2.45, 2.75) is 51.7 Å². The minimum Gasteiger partial charge on any atom is -0.390 e. The van der Waals surface area contributed by atoms with E-state index in [9.17, 15) is 5.11 Å². The fourth-order valence-electron chi connectivity index (χ4n) is 2.99. The van der Waals surface area contributed by atoms with Gasteiger partial charge in [-0.05, 0) is 64.3 Å². The average Bonchev–Trinajstić information content (AvgIpc) is 2.68. The first-order chi connectivity index (χ1) is 14.4. The van der Waals surface area contributed by atoms with Gasteiger partial charge in [0.25, 0.3) is 0 Å². The zero-order valence-electron chi connectivity index (χ0n) is 18.2. The van der Waals surface area contributed by atoms with E-state index in [0.29, 0.717) is 17.8 Å². The molecule has 166 valence electrons. The van der Waals surface area contributed by atoms with Crippen LogP contribution in [0.3, 0.4) is 0 Å². The molecule has 0 saturated carbocycles. The number of anilines is 5. The van der Waals surface area contributed by atoms with E-state index >= 15 is 0 Å². The van der Waals surface area contributed by atoms with Crippen LogP contribution in [0.1, 0.15) is 40.0 Å². The van der Waals surface area contributed by atoms with Crippen molar-refractivity contribution in [1.82, 2.24) is 15.0 Å². The standard InChI is InChI=1S/C23H30N6O.ClH/c1-17(11-10-16-23(2,3)30)24-20-27-21(25-18-12-6-4-7-13-18)29-22(28-20)26-19-14-8-5-9-15-19;/h4-9,12-15,17,30H,10-11,16H2,1-3H3,(H3,24,25,26,27,28,29);1H. The molecule has 3 rings (SSSR count). The second-order valence-electron chi connectivity index (χ2n) is 8.04. The summed E-state index contributed by atoms with van der Waals surface area (Å²) in [5, 5.41) is 19.7. The van der Waals surface area contributed by atoms with Crippen molar-refractivity contribution < 1.29 is 5.11 Å². The summed E-state index contributed by atoms with van der Waals surface area (Å²) in [6.07, 6.45) is 2.56. The number of rotatable bonds is 10. The van der Waals surface area contributed by atoms with Gasteiger partial charge in [0.15, 0.2) is 0 Å². The maximum Gasteiger partial charge on any atom is 0.233 e. The molecule has 1 heterocycles. The van der Waals surface area contributed by atoms with Crippen LogP contribution in [0.15, 0.2) is 60.7 Å². The molecule has 1 atom stereocenters. The quantitative estimate of drug-likeness (QED) is 0.328. The number of benzene rings is 2. The molecule has 0 aliphatic heterocycles. The molecule has 0 radical (unpaired) electrons. The van der Waals surface area contributed by atoms with Crippen LogP contribution in [-0.4, -0.2) is 31.7 Å². The van der Waals surface area contributed by atoms with Crippen LogP contribution in [0.5, 0.6) is 0 Å². The minimum atomic E-state index is -0.646. The molecule has 0 spiro atoms. The van der Waals surface area contributed by atoms with Crippen LogP contribution in [0.4, 0.5) is 29.2 Å². The van der Waals surface area contributed by atoms with Crippen LogP contribution >= 0.6 is 12.4 Å². The lowest BCUT2D eigenvalue weighted by Crippen LogP contribution is -2.22. The Morgan fingerprint density at radius 2 is 1.26 bits per heavy atom. The van der Waals surface area contributed by atoms with Gasteiger partial charge in [0.05, 0.1) is 5.60 Å². The summed E-state index contributed by atoms with van der Waals surface area (Å²) in [6.45, 7) is 5.75. The summed E-state index contributed by atoms with van der Waals surface area (Å²) >= 11 is 0. The third-order valence-electron chi connectivity index (χ3n) is 4.50. The summed E-state index contributed by atoms with van der Waals surface area (Å²) in [6, 6.07) is 19.7. The molecule has 31 heavy (non-hydrogen) atoms. The van der Waals surface area contributed by atoms with Crippen LogP contribution < -0.4 is 16.0 Å². The molecule has 4 N–H and O–H groups in total. The van der Waals surface area contributed by atoms with Crippen molar-refractivity contribution in [2.24, 2.45) is 0 Å². The first kappa shape index (κ1) is 24.4. The Hall–Kier alpha value is -2.90. The van der Waals surface area contributed by atoms with E-state index in [2.05, 4.69) is 37.8 Å². The van der Waals surface area contributed by atoms with E-state index in [1.165, 1.54) is 0 Å². The smallest absolute Gasteiger partial charge is 0.233 e. The van der Waals surface area contributed by atoms with Gasteiger partial charge in [0, 0.05) is 17.4 Å². The Kier molecular flexibility index (Phi) is 9.03. The summed E-state index contributed by atoms with van der Waals surface area (Å²) in [5.74, 6) is 1.42. The molecule has 0 amide bonds. The number of aliphatic hydroxyl groups is 1. The number of para-hydroxylation sites is 2. The number of hydrogen-bond donors (Lipinski definition) is 4. The van der Waals surface area contributed by atoms with Gasteiger partial charge in [0.2, 0.25) is 17.8 Å². The Morgan fingerprint density at radius 1 is 0.806 bits per heavy atom. The highest BCUT2D eigenvalue weighted by Gasteiger charge is 2.14. The third kappa shape index (κ3) is 8.78. The summed E-state index contributed by atoms with van der Waals surface area (Å²) in [7, 11) is 0. The molecule has 0 aliphatic rings. The Labute approximate surface area is 190 Å². The first-order valence-corrected chi connectivity index (χ1v) is 10.3. The molecule has 2 aromatic carbocycles. The monoisotopic (exact) mass is 442 g/mol. The molecule has 0 fully saturated rings. The van der Waals surface area contributed by atoms with E-state index in [1.807, 2.05) is 74.5 Å². The minimum absolute atomic E-state index is 0. The molecule has 0 saturated heterocycles. The van der Waals surface area contributed by atoms with Gasteiger partial charge in [0.1, 0.15) is 0 Å². The topological polar surface area (TPSA) is 95.0 Å². The lowest BCUT2D eigenvalue weighted by atomic mass is 10.00. The molecular weight excluding hydrogens is 412 g/mol. The first-order valence-electron chi connectivity index (χ1n) is 10.3. The highest BCUT2D eigenvalue weighted by atomic mass is 35.5. The van der Waals surface area contributed by atoms with Crippen LogP contribution in [0.25, 0.3) is 0 Å². The number of nitrogens with one attached hydrogen (secondary N) is 3. The SMILES string of the molecule is CC(CCCC(C)(C)O)Nc1nc(Nc2ccccc2)nc(Nc2ccccc2)n1.Cl. The van der Waals surface area contributed by atoms with Crippen molar-refractivity contribution in [3.63, 3.8) is 0 Å². The third-order valence-corrected chi connectivity index (χ3v) is 4.50. The van der Waals surface area contributed by atoms with Crippen molar-refractivity contribution in [3.8, 4) is 0 Å². The fraction of sp³-hybridized carbons (Fsp3) is 0.348. The lowest BCUT2D eigenvalue weighted by molar-refractivity contribution is 0.0680. The van der Waals surface area contributed by atoms with Crippen molar-refractivity contribution in [2.75, 3.05) is 16.0 Å². The molecule has 1 aromatic heterocycles. The van der Waals surface area contributed by atoms with Gasteiger partial charge >= 0.3 is 0 Å². The second-order valence-corrected chi connectivity index (χ2v) is 8.04. The van der Waals surface area contributed by atoms with Crippen molar-refractivity contribution in [3.05, 3.63) is 60.7 Å². The molecule has 0 bridgehead atoms. The molecule has 3 aromatic rings. The Bertz CT molecular complexity index is 859. The molecule has 1 unspecified atom stereocenters. The number of nitrogens with zero attached hydrogens (tertiary/aromatic N) is 3. The highest BCUT2D eigenvalue weighted by molar-refractivity contribution is 5.85. The lowest BCUT2D eigenvalue weighted by Gasteiger charge is -2.19. The Balaban J connectivity index is 0.00000341. The zero-order valence-corrected chi connectivity index (χ0v) is 19.0. The Morgan fingerprint density at radius 3 is 1.71 bits per heavy atom. The molecular formula is C23H31ClN6O. The van der Waals surface area contributed by atoms with Gasteiger partial charge in [-0.15, -0.1) is 12.4 Å². The molecule has 0 aliphatic carbocycles. The van der Waals surface area contributed by atoms with Gasteiger partial charge in [-0.25, -0.2) is 0 Å². The van der Waals surface area contributed by atoms with E-state index in [1.54, 1.807) is 0 Å². The largest absolute Gasteiger partial charge is 0.390 e. The average molecular weight is 443 g/mol. The van der Waals surface area contributed by atoms with Crippen molar-refractivity contribution in [1.29, 1.82) is 0 Å². The summed E-state index contributed by atoms with van der Waals surface area (Å²) in [5.41, 5.74) is 1.16. The van der Waals surface area contributed by atoms with Crippen molar-refractivity contribution >= 4 is 41.6 Å².